The molecule has 1 heterocycles. The van der Waals surface area contributed by atoms with Crippen LogP contribution in [0.3, 0.4) is 0 Å². The molecule has 0 fully saturated rings. The summed E-state index contributed by atoms with van der Waals surface area (Å²) in [7, 11) is 1.71. The molecule has 96 valence electrons. The van der Waals surface area contributed by atoms with Gasteiger partial charge in [-0.1, -0.05) is 17.7 Å². The molecule has 0 saturated heterocycles. The second-order valence-corrected chi connectivity index (χ2v) is 4.37. The molecule has 2 atom stereocenters. The van der Waals surface area contributed by atoms with E-state index in [9.17, 15) is 10.2 Å². The highest BCUT2D eigenvalue weighted by Crippen LogP contribution is 2.24. The molecule has 0 spiro atoms. The molecular weight excluding hydrogens is 254 g/mol. The van der Waals surface area contributed by atoms with Gasteiger partial charge in [-0.2, -0.15) is 0 Å². The number of hydrogen-bond donors (Lipinski definition) is 3. The quantitative estimate of drug-likeness (QED) is 0.718. The van der Waals surface area contributed by atoms with Crippen LogP contribution in [0.5, 0.6) is 0 Å². The Morgan fingerprint density at radius 3 is 2.83 bits per heavy atom. The fourth-order valence-corrected chi connectivity index (χ4v) is 1.96. The molecule has 0 aliphatic heterocycles. The van der Waals surface area contributed by atoms with Gasteiger partial charge in [0.2, 0.25) is 0 Å². The number of nitrogens with zero attached hydrogens (tertiary/aromatic N) is 2. The predicted octanol–water partition coefficient (Wildman–Crippen LogP) is 0.897. The molecular formula is C12H14ClN3O2. The standard InChI is InChI=1S/C12H14ClN3O2/c1-14-5-10(17)11(18)7-2-3-9-8(4-7)12(13)16-6-15-9/h2-4,6,10-11,14,17-18H,5H2,1H3. The van der Waals surface area contributed by atoms with E-state index in [-0.39, 0.29) is 0 Å². The zero-order valence-corrected chi connectivity index (χ0v) is 10.6. The minimum atomic E-state index is -0.974. The monoisotopic (exact) mass is 267 g/mol. The van der Waals surface area contributed by atoms with E-state index < -0.39 is 12.2 Å². The molecule has 0 radical (unpaired) electrons. The van der Waals surface area contributed by atoms with Crippen LogP contribution in [0.1, 0.15) is 11.7 Å². The average molecular weight is 268 g/mol. The van der Waals surface area contributed by atoms with Crippen LogP contribution >= 0.6 is 11.6 Å². The van der Waals surface area contributed by atoms with E-state index in [0.717, 1.165) is 0 Å². The number of halogens is 1. The Hall–Kier alpha value is -1.27. The summed E-state index contributed by atoms with van der Waals surface area (Å²) in [6, 6.07) is 5.16. The van der Waals surface area contributed by atoms with Gasteiger partial charge >= 0.3 is 0 Å². The van der Waals surface area contributed by atoms with E-state index in [1.807, 2.05) is 0 Å². The van der Waals surface area contributed by atoms with Crippen LogP contribution in [0.25, 0.3) is 10.9 Å². The van der Waals surface area contributed by atoms with Crippen molar-refractivity contribution in [2.45, 2.75) is 12.2 Å². The lowest BCUT2D eigenvalue weighted by Crippen LogP contribution is -2.29. The van der Waals surface area contributed by atoms with Gasteiger partial charge < -0.3 is 15.5 Å². The van der Waals surface area contributed by atoms with Crippen LogP contribution in [0.15, 0.2) is 24.5 Å². The smallest absolute Gasteiger partial charge is 0.140 e. The topological polar surface area (TPSA) is 78.3 Å². The Kier molecular flexibility index (Phi) is 4.08. The largest absolute Gasteiger partial charge is 0.389 e. The maximum Gasteiger partial charge on any atom is 0.140 e. The molecule has 0 saturated carbocycles. The number of likely N-dealkylation sites (N-methyl/N-ethyl adjacent to an activating group) is 1. The zero-order chi connectivity index (χ0) is 13.1. The highest BCUT2D eigenvalue weighted by molar-refractivity contribution is 6.34. The van der Waals surface area contributed by atoms with Crippen LogP contribution in [0, 0.1) is 0 Å². The SMILES string of the molecule is CNCC(O)C(O)c1ccc2ncnc(Cl)c2c1. The first kappa shape index (κ1) is 13.2. The maximum absolute atomic E-state index is 10.00. The first-order valence-corrected chi connectivity index (χ1v) is 5.92. The summed E-state index contributed by atoms with van der Waals surface area (Å²) in [5.74, 6) is 0. The number of rotatable bonds is 4. The summed E-state index contributed by atoms with van der Waals surface area (Å²) in [6.07, 6.45) is -0.467. The second kappa shape index (κ2) is 5.58. The molecule has 2 unspecified atom stereocenters. The van der Waals surface area contributed by atoms with Gasteiger partial charge in [0.1, 0.15) is 17.6 Å². The molecule has 3 N–H and O–H groups in total. The van der Waals surface area contributed by atoms with E-state index >= 15 is 0 Å². The fraction of sp³-hybridized carbons (Fsp3) is 0.333. The Bertz CT molecular complexity index is 550. The first-order valence-electron chi connectivity index (χ1n) is 5.54. The number of hydrogen-bond acceptors (Lipinski definition) is 5. The molecule has 0 amide bonds. The van der Waals surface area contributed by atoms with Gasteiger partial charge in [0.25, 0.3) is 0 Å². The van der Waals surface area contributed by atoms with Crippen LogP contribution in [0.4, 0.5) is 0 Å². The summed E-state index contributed by atoms with van der Waals surface area (Å²) in [5.41, 5.74) is 1.29. The first-order chi connectivity index (χ1) is 8.63. The molecule has 0 aliphatic carbocycles. The maximum atomic E-state index is 10.00. The van der Waals surface area contributed by atoms with Crippen molar-refractivity contribution in [3.8, 4) is 0 Å². The van der Waals surface area contributed by atoms with Crippen molar-refractivity contribution in [2.75, 3.05) is 13.6 Å². The number of aliphatic hydroxyl groups excluding tert-OH is 2. The van der Waals surface area contributed by atoms with E-state index in [4.69, 9.17) is 11.6 Å². The summed E-state index contributed by atoms with van der Waals surface area (Å²) in [6.45, 7) is 0.304. The molecule has 1 aromatic carbocycles. The molecule has 6 heteroatoms. The fourth-order valence-electron chi connectivity index (χ4n) is 1.77. The highest BCUT2D eigenvalue weighted by atomic mass is 35.5. The third-order valence-electron chi connectivity index (χ3n) is 2.73. The third-order valence-corrected chi connectivity index (χ3v) is 3.03. The van der Waals surface area contributed by atoms with Crippen LogP contribution < -0.4 is 5.32 Å². The van der Waals surface area contributed by atoms with Crippen molar-refractivity contribution in [1.29, 1.82) is 0 Å². The number of aromatic nitrogens is 2. The molecule has 0 aliphatic rings. The summed E-state index contributed by atoms with van der Waals surface area (Å²) >= 11 is 5.97. The van der Waals surface area contributed by atoms with Crippen molar-refractivity contribution in [1.82, 2.24) is 15.3 Å². The van der Waals surface area contributed by atoms with Gasteiger partial charge in [0.05, 0.1) is 11.6 Å². The van der Waals surface area contributed by atoms with Crippen LogP contribution in [0.2, 0.25) is 5.15 Å². The number of aliphatic hydroxyl groups is 2. The van der Waals surface area contributed by atoms with Gasteiger partial charge in [-0.15, -0.1) is 0 Å². The number of benzene rings is 1. The van der Waals surface area contributed by atoms with Crippen LogP contribution in [-0.4, -0.2) is 39.9 Å². The summed E-state index contributed by atoms with van der Waals surface area (Å²) < 4.78 is 0. The van der Waals surface area contributed by atoms with Crippen molar-refractivity contribution in [3.63, 3.8) is 0 Å². The molecule has 2 rings (SSSR count). The van der Waals surface area contributed by atoms with Crippen molar-refractivity contribution < 1.29 is 10.2 Å². The Balaban J connectivity index is 2.37. The summed E-state index contributed by atoms with van der Waals surface area (Å²) in [5, 5.41) is 23.5. The van der Waals surface area contributed by atoms with E-state index in [0.29, 0.717) is 28.2 Å². The van der Waals surface area contributed by atoms with Gasteiger partial charge in [0, 0.05) is 11.9 Å². The number of nitrogens with one attached hydrogen (secondary N) is 1. The normalized spacial score (nSPS) is 14.7. The van der Waals surface area contributed by atoms with Gasteiger partial charge in [-0.05, 0) is 24.7 Å². The van der Waals surface area contributed by atoms with E-state index in [2.05, 4.69) is 15.3 Å². The Labute approximate surface area is 109 Å². The average Bonchev–Trinajstić information content (AvgIpc) is 2.38. The lowest BCUT2D eigenvalue weighted by Gasteiger charge is -2.18. The van der Waals surface area contributed by atoms with Gasteiger partial charge in [-0.3, -0.25) is 0 Å². The van der Waals surface area contributed by atoms with E-state index in [1.165, 1.54) is 6.33 Å². The van der Waals surface area contributed by atoms with Gasteiger partial charge in [0.15, 0.2) is 0 Å². The lowest BCUT2D eigenvalue weighted by atomic mass is 10.0. The highest BCUT2D eigenvalue weighted by Gasteiger charge is 2.18. The lowest BCUT2D eigenvalue weighted by molar-refractivity contribution is 0.0203. The van der Waals surface area contributed by atoms with Crippen molar-refractivity contribution in [3.05, 3.63) is 35.2 Å². The Morgan fingerprint density at radius 2 is 2.11 bits per heavy atom. The summed E-state index contributed by atoms with van der Waals surface area (Å²) in [4.78, 5) is 7.96. The minimum absolute atomic E-state index is 0.304. The Morgan fingerprint density at radius 1 is 1.33 bits per heavy atom. The second-order valence-electron chi connectivity index (χ2n) is 4.01. The van der Waals surface area contributed by atoms with Gasteiger partial charge in [-0.25, -0.2) is 9.97 Å². The molecule has 2 aromatic rings. The molecule has 18 heavy (non-hydrogen) atoms. The van der Waals surface area contributed by atoms with Crippen molar-refractivity contribution in [2.24, 2.45) is 0 Å². The molecule has 0 bridgehead atoms. The third kappa shape index (κ3) is 2.59. The number of fused-ring (bicyclic) bond motifs is 1. The predicted molar refractivity (Wildman–Crippen MR) is 69.4 cm³/mol. The van der Waals surface area contributed by atoms with Crippen LogP contribution in [-0.2, 0) is 0 Å². The van der Waals surface area contributed by atoms with Crippen molar-refractivity contribution >= 4 is 22.5 Å². The van der Waals surface area contributed by atoms with E-state index in [1.54, 1.807) is 25.2 Å². The minimum Gasteiger partial charge on any atom is -0.389 e. The molecule has 1 aromatic heterocycles. The zero-order valence-electron chi connectivity index (χ0n) is 9.84. The molecule has 5 nitrogen and oxygen atoms in total.